The molecule has 2 aliphatic rings. The van der Waals surface area contributed by atoms with Gasteiger partial charge in [-0.05, 0) is 37.0 Å². The molecule has 0 saturated carbocycles. The third kappa shape index (κ3) is 3.55. The van der Waals surface area contributed by atoms with Crippen molar-refractivity contribution in [3.05, 3.63) is 35.4 Å². The molecule has 0 unspecified atom stereocenters. The highest BCUT2D eigenvalue weighted by molar-refractivity contribution is 7.85. The van der Waals surface area contributed by atoms with Crippen molar-refractivity contribution >= 4 is 24.3 Å². The third-order valence-electron chi connectivity index (χ3n) is 6.42. The molecule has 156 valence electrons. The molecule has 0 N–H and O–H groups in total. The monoisotopic (exact) mass is 425 g/mol. The molecule has 0 spiro atoms. The minimum Gasteiger partial charge on any atom is -0.391 e. The second-order valence-electron chi connectivity index (χ2n) is 9.36. The predicted molar refractivity (Wildman–Crippen MR) is 111 cm³/mol. The molecule has 2 heterocycles. The Hall–Kier alpha value is -1.22. The summed E-state index contributed by atoms with van der Waals surface area (Å²) in [4.78, 5) is 15.0. The smallest absolute Gasteiger partial charge is 0.264 e. The van der Waals surface area contributed by atoms with E-state index in [1.165, 1.54) is 0 Å². The number of carbonyl (C=O) groups is 1. The summed E-state index contributed by atoms with van der Waals surface area (Å²) in [7, 11) is -5.73. The molecule has 8 heteroatoms. The Bertz CT molecular complexity index is 877. The van der Waals surface area contributed by atoms with Crippen molar-refractivity contribution in [3.63, 3.8) is 0 Å². The van der Waals surface area contributed by atoms with Gasteiger partial charge in [0.05, 0.1) is 12.9 Å². The SMILES string of the molecule is CC(C)(C)[Si](C)(C)O[C@@]12c3ccccc3C(=O)N1CC[C@@H]2CCOS(C)(=O)=O. The Kier molecular flexibility index (Phi) is 5.32. The molecular formula is C20H31NO5SSi. The lowest BCUT2D eigenvalue weighted by Gasteiger charge is -2.47. The van der Waals surface area contributed by atoms with E-state index < -0.39 is 24.2 Å². The van der Waals surface area contributed by atoms with Crippen LogP contribution in [0.5, 0.6) is 0 Å². The van der Waals surface area contributed by atoms with E-state index in [2.05, 4.69) is 33.9 Å². The first-order valence-electron chi connectivity index (χ1n) is 9.76. The lowest BCUT2D eigenvalue weighted by atomic mass is 9.87. The highest BCUT2D eigenvalue weighted by Crippen LogP contribution is 2.55. The summed E-state index contributed by atoms with van der Waals surface area (Å²) in [6.45, 7) is 11.6. The highest BCUT2D eigenvalue weighted by atomic mass is 32.2. The van der Waals surface area contributed by atoms with E-state index >= 15 is 0 Å². The predicted octanol–water partition coefficient (Wildman–Crippen LogP) is 3.70. The van der Waals surface area contributed by atoms with Crippen molar-refractivity contribution in [2.75, 3.05) is 19.4 Å². The summed E-state index contributed by atoms with van der Waals surface area (Å²) in [6, 6.07) is 7.66. The van der Waals surface area contributed by atoms with Gasteiger partial charge in [0.25, 0.3) is 16.0 Å². The summed E-state index contributed by atoms with van der Waals surface area (Å²) in [5.74, 6) is -0.0168. The lowest BCUT2D eigenvalue weighted by Crippen LogP contribution is -2.55. The first-order valence-corrected chi connectivity index (χ1v) is 14.5. The molecule has 2 atom stereocenters. The Balaban J connectivity index is 2.04. The Morgan fingerprint density at radius 2 is 1.89 bits per heavy atom. The number of carbonyl (C=O) groups excluding carboxylic acids is 1. The van der Waals surface area contributed by atoms with Crippen LogP contribution in [0.15, 0.2) is 24.3 Å². The van der Waals surface area contributed by atoms with E-state index in [1.54, 1.807) is 0 Å². The van der Waals surface area contributed by atoms with Crippen molar-refractivity contribution in [3.8, 4) is 0 Å². The van der Waals surface area contributed by atoms with Crippen LogP contribution in [0.2, 0.25) is 18.1 Å². The first-order chi connectivity index (χ1) is 12.8. The van der Waals surface area contributed by atoms with Crippen LogP contribution in [0.4, 0.5) is 0 Å². The molecule has 28 heavy (non-hydrogen) atoms. The van der Waals surface area contributed by atoms with E-state index in [1.807, 2.05) is 29.2 Å². The largest absolute Gasteiger partial charge is 0.391 e. The molecule has 0 bridgehead atoms. The zero-order chi connectivity index (χ0) is 21.0. The van der Waals surface area contributed by atoms with Gasteiger partial charge in [0, 0.05) is 23.6 Å². The fourth-order valence-electron chi connectivity index (χ4n) is 4.03. The van der Waals surface area contributed by atoms with Gasteiger partial charge in [-0.1, -0.05) is 39.0 Å². The first kappa shape index (κ1) is 21.5. The van der Waals surface area contributed by atoms with Gasteiger partial charge in [0.15, 0.2) is 14.0 Å². The number of rotatable bonds is 6. The molecule has 0 aromatic heterocycles. The van der Waals surface area contributed by atoms with Crippen LogP contribution < -0.4 is 0 Å². The topological polar surface area (TPSA) is 72.9 Å². The molecular weight excluding hydrogens is 394 g/mol. The van der Waals surface area contributed by atoms with Crippen LogP contribution in [0.25, 0.3) is 0 Å². The van der Waals surface area contributed by atoms with E-state index in [9.17, 15) is 13.2 Å². The normalized spacial score (nSPS) is 25.1. The molecule has 0 aliphatic carbocycles. The van der Waals surface area contributed by atoms with Crippen LogP contribution in [-0.4, -0.2) is 46.9 Å². The quantitative estimate of drug-likeness (QED) is 0.513. The summed E-state index contributed by atoms with van der Waals surface area (Å²) in [6.07, 6.45) is 2.34. The molecule has 1 aromatic rings. The molecule has 0 radical (unpaired) electrons. The average Bonchev–Trinajstić information content (AvgIpc) is 3.01. The number of hydrogen-bond donors (Lipinski definition) is 0. The van der Waals surface area contributed by atoms with Crippen molar-refractivity contribution in [1.29, 1.82) is 0 Å². The molecule has 6 nitrogen and oxygen atoms in total. The van der Waals surface area contributed by atoms with Crippen molar-refractivity contribution < 1.29 is 21.8 Å². The number of benzene rings is 1. The summed E-state index contributed by atoms with van der Waals surface area (Å²) in [5, 5.41) is -0.0234. The van der Waals surface area contributed by atoms with E-state index in [-0.39, 0.29) is 23.5 Å². The van der Waals surface area contributed by atoms with Gasteiger partial charge in [-0.15, -0.1) is 0 Å². The maximum absolute atomic E-state index is 13.1. The Labute approximate surface area is 169 Å². The minimum absolute atomic E-state index is 0.000778. The third-order valence-corrected chi connectivity index (χ3v) is 11.5. The minimum atomic E-state index is -3.50. The zero-order valence-corrected chi connectivity index (χ0v) is 19.4. The van der Waals surface area contributed by atoms with E-state index in [0.29, 0.717) is 18.5 Å². The number of amides is 1. The lowest BCUT2D eigenvalue weighted by molar-refractivity contribution is -0.0811. The molecule has 1 fully saturated rings. The van der Waals surface area contributed by atoms with Crippen LogP contribution >= 0.6 is 0 Å². The van der Waals surface area contributed by atoms with Gasteiger partial charge in [0.2, 0.25) is 0 Å². The van der Waals surface area contributed by atoms with Crippen molar-refractivity contribution in [2.45, 2.75) is 57.5 Å². The maximum atomic E-state index is 13.1. The summed E-state index contributed by atoms with van der Waals surface area (Å²) in [5.41, 5.74) is 0.763. The standard InChI is InChI=1S/C20H31NO5SSi/c1-19(2,3)28(5,6)26-20-15(12-14-25-27(4,23)24)11-13-21(20)18(22)16-9-7-8-10-17(16)20/h7-10,15H,11-14H2,1-6H3/t15-,20+/m1/s1. The fraction of sp³-hybridized carbons (Fsp3) is 0.650. The van der Waals surface area contributed by atoms with Crippen LogP contribution in [0.3, 0.4) is 0 Å². The highest BCUT2D eigenvalue weighted by Gasteiger charge is 2.61. The van der Waals surface area contributed by atoms with E-state index in [0.717, 1.165) is 18.2 Å². The number of hydrogen-bond acceptors (Lipinski definition) is 5. The van der Waals surface area contributed by atoms with E-state index in [4.69, 9.17) is 8.61 Å². The molecule has 1 aromatic carbocycles. The Morgan fingerprint density at radius 3 is 2.50 bits per heavy atom. The van der Waals surface area contributed by atoms with Crippen LogP contribution in [0.1, 0.15) is 49.5 Å². The van der Waals surface area contributed by atoms with Gasteiger partial charge in [-0.3, -0.25) is 8.98 Å². The summed E-state index contributed by atoms with van der Waals surface area (Å²) < 4.78 is 34.9. The second-order valence-corrected chi connectivity index (χ2v) is 15.7. The fourth-order valence-corrected chi connectivity index (χ4v) is 5.90. The average molecular weight is 426 g/mol. The van der Waals surface area contributed by atoms with Crippen LogP contribution in [-0.2, 0) is 24.5 Å². The van der Waals surface area contributed by atoms with Crippen molar-refractivity contribution in [1.82, 2.24) is 4.90 Å². The second kappa shape index (κ2) is 6.93. The molecule has 3 rings (SSSR count). The molecule has 2 aliphatic heterocycles. The summed E-state index contributed by atoms with van der Waals surface area (Å²) >= 11 is 0. The molecule has 1 saturated heterocycles. The molecule has 1 amide bonds. The Morgan fingerprint density at radius 1 is 1.25 bits per heavy atom. The van der Waals surface area contributed by atoms with Crippen molar-refractivity contribution in [2.24, 2.45) is 5.92 Å². The van der Waals surface area contributed by atoms with Gasteiger partial charge in [0.1, 0.15) is 0 Å². The van der Waals surface area contributed by atoms with Crippen LogP contribution in [0, 0.1) is 5.92 Å². The zero-order valence-electron chi connectivity index (χ0n) is 17.6. The number of nitrogens with zero attached hydrogens (tertiary/aromatic N) is 1. The van der Waals surface area contributed by atoms with Gasteiger partial charge in [-0.2, -0.15) is 8.42 Å². The van der Waals surface area contributed by atoms with Gasteiger partial charge >= 0.3 is 0 Å². The van der Waals surface area contributed by atoms with Gasteiger partial charge < -0.3 is 9.33 Å². The maximum Gasteiger partial charge on any atom is 0.264 e. The number of fused-ring (bicyclic) bond motifs is 3. The van der Waals surface area contributed by atoms with Gasteiger partial charge in [-0.25, -0.2) is 0 Å².